The first-order valence-electron chi connectivity index (χ1n) is 6.60. The SMILES string of the molecule is CC1CCCC(Nc2cnccc2C(=O)O)CC1. The summed E-state index contributed by atoms with van der Waals surface area (Å²) in [7, 11) is 0. The smallest absolute Gasteiger partial charge is 0.337 e. The van der Waals surface area contributed by atoms with Crippen LogP contribution in [0.25, 0.3) is 0 Å². The van der Waals surface area contributed by atoms with E-state index in [0.717, 1.165) is 18.8 Å². The molecule has 4 nitrogen and oxygen atoms in total. The van der Waals surface area contributed by atoms with E-state index in [2.05, 4.69) is 17.2 Å². The third-order valence-electron chi connectivity index (χ3n) is 3.67. The Labute approximate surface area is 107 Å². The van der Waals surface area contributed by atoms with Crippen molar-refractivity contribution in [3.63, 3.8) is 0 Å². The maximum absolute atomic E-state index is 11.1. The van der Waals surface area contributed by atoms with Crippen LogP contribution in [0.5, 0.6) is 0 Å². The number of aromatic carboxylic acids is 1. The van der Waals surface area contributed by atoms with Crippen LogP contribution in [0.4, 0.5) is 5.69 Å². The van der Waals surface area contributed by atoms with Crippen molar-refractivity contribution in [2.45, 2.75) is 45.1 Å². The van der Waals surface area contributed by atoms with Crippen LogP contribution in [0.1, 0.15) is 49.4 Å². The van der Waals surface area contributed by atoms with Crippen molar-refractivity contribution in [3.8, 4) is 0 Å². The molecule has 0 radical (unpaired) electrons. The minimum absolute atomic E-state index is 0.308. The van der Waals surface area contributed by atoms with Crippen molar-refractivity contribution >= 4 is 11.7 Å². The molecule has 1 aliphatic carbocycles. The highest BCUT2D eigenvalue weighted by molar-refractivity contribution is 5.93. The van der Waals surface area contributed by atoms with Crippen molar-refractivity contribution in [2.24, 2.45) is 5.92 Å². The number of anilines is 1. The van der Waals surface area contributed by atoms with E-state index < -0.39 is 5.97 Å². The van der Waals surface area contributed by atoms with E-state index in [4.69, 9.17) is 5.11 Å². The monoisotopic (exact) mass is 248 g/mol. The molecule has 1 fully saturated rings. The van der Waals surface area contributed by atoms with Gasteiger partial charge in [0.15, 0.2) is 0 Å². The first kappa shape index (κ1) is 12.9. The van der Waals surface area contributed by atoms with Crippen LogP contribution in [0, 0.1) is 5.92 Å². The molecule has 0 saturated heterocycles. The van der Waals surface area contributed by atoms with E-state index >= 15 is 0 Å². The number of carbonyl (C=O) groups is 1. The van der Waals surface area contributed by atoms with E-state index in [1.807, 2.05) is 0 Å². The maximum atomic E-state index is 11.1. The first-order chi connectivity index (χ1) is 8.66. The van der Waals surface area contributed by atoms with Gasteiger partial charge in [-0.15, -0.1) is 0 Å². The Morgan fingerprint density at radius 3 is 3.00 bits per heavy atom. The summed E-state index contributed by atoms with van der Waals surface area (Å²) < 4.78 is 0. The molecule has 0 bridgehead atoms. The summed E-state index contributed by atoms with van der Waals surface area (Å²) in [5, 5.41) is 12.5. The standard InChI is InChI=1S/C14H20N2O2/c1-10-3-2-4-11(6-5-10)16-13-9-15-8-7-12(13)14(17)18/h7-11,16H,2-6H2,1H3,(H,17,18). The van der Waals surface area contributed by atoms with Gasteiger partial charge < -0.3 is 10.4 Å². The van der Waals surface area contributed by atoms with Crippen LogP contribution in [0.15, 0.2) is 18.5 Å². The fraction of sp³-hybridized carbons (Fsp3) is 0.571. The molecule has 1 aliphatic rings. The summed E-state index contributed by atoms with van der Waals surface area (Å²) >= 11 is 0. The summed E-state index contributed by atoms with van der Waals surface area (Å²) in [6.07, 6.45) is 9.04. The lowest BCUT2D eigenvalue weighted by Gasteiger charge is -2.18. The fourth-order valence-corrected chi connectivity index (χ4v) is 2.55. The normalized spacial score (nSPS) is 24.3. The Kier molecular flexibility index (Phi) is 4.18. The topological polar surface area (TPSA) is 62.2 Å². The third kappa shape index (κ3) is 3.22. The highest BCUT2D eigenvalue weighted by atomic mass is 16.4. The molecule has 0 amide bonds. The van der Waals surface area contributed by atoms with E-state index in [0.29, 0.717) is 17.3 Å². The average molecular weight is 248 g/mol. The lowest BCUT2D eigenvalue weighted by atomic mass is 10.0. The number of pyridine rings is 1. The molecule has 1 aromatic rings. The van der Waals surface area contributed by atoms with Crippen LogP contribution < -0.4 is 5.32 Å². The predicted octanol–water partition coefficient (Wildman–Crippen LogP) is 3.16. The average Bonchev–Trinajstić information content (AvgIpc) is 2.55. The van der Waals surface area contributed by atoms with Crippen molar-refractivity contribution < 1.29 is 9.90 Å². The van der Waals surface area contributed by atoms with Gasteiger partial charge in [-0.05, 0) is 31.2 Å². The van der Waals surface area contributed by atoms with Crippen molar-refractivity contribution in [1.82, 2.24) is 4.98 Å². The van der Waals surface area contributed by atoms with Crippen LogP contribution in [0.3, 0.4) is 0 Å². The maximum Gasteiger partial charge on any atom is 0.337 e. The molecule has 1 heterocycles. The summed E-state index contributed by atoms with van der Waals surface area (Å²) in [5.41, 5.74) is 0.951. The number of carboxylic acid groups (broad SMARTS) is 1. The number of hydrogen-bond donors (Lipinski definition) is 2. The summed E-state index contributed by atoms with van der Waals surface area (Å²) in [6, 6.07) is 1.92. The summed E-state index contributed by atoms with van der Waals surface area (Å²) in [6.45, 7) is 2.29. The van der Waals surface area contributed by atoms with Crippen LogP contribution >= 0.6 is 0 Å². The Hall–Kier alpha value is -1.58. The minimum Gasteiger partial charge on any atom is -0.478 e. The van der Waals surface area contributed by atoms with Gasteiger partial charge in [-0.1, -0.05) is 19.8 Å². The molecular formula is C14H20N2O2. The quantitative estimate of drug-likeness (QED) is 0.806. The van der Waals surface area contributed by atoms with E-state index in [-0.39, 0.29) is 0 Å². The number of aromatic nitrogens is 1. The molecule has 98 valence electrons. The van der Waals surface area contributed by atoms with E-state index in [1.54, 1.807) is 12.3 Å². The first-order valence-corrected chi connectivity index (χ1v) is 6.60. The van der Waals surface area contributed by atoms with Crippen molar-refractivity contribution in [3.05, 3.63) is 24.0 Å². The third-order valence-corrected chi connectivity index (χ3v) is 3.67. The molecular weight excluding hydrogens is 228 g/mol. The largest absolute Gasteiger partial charge is 0.478 e. The highest BCUT2D eigenvalue weighted by Crippen LogP contribution is 2.25. The predicted molar refractivity (Wildman–Crippen MR) is 70.9 cm³/mol. The number of rotatable bonds is 3. The van der Waals surface area contributed by atoms with Crippen molar-refractivity contribution in [1.29, 1.82) is 0 Å². The molecule has 4 heteroatoms. The zero-order valence-electron chi connectivity index (χ0n) is 10.7. The Morgan fingerprint density at radius 2 is 2.22 bits per heavy atom. The van der Waals surface area contributed by atoms with E-state index in [1.165, 1.54) is 25.5 Å². The van der Waals surface area contributed by atoms with Gasteiger partial charge in [-0.25, -0.2) is 4.79 Å². The lowest BCUT2D eigenvalue weighted by molar-refractivity contribution is 0.0697. The molecule has 0 aromatic carbocycles. The van der Waals surface area contributed by atoms with Crippen molar-refractivity contribution in [2.75, 3.05) is 5.32 Å². The van der Waals surface area contributed by atoms with Gasteiger partial charge in [0.1, 0.15) is 0 Å². The molecule has 2 unspecified atom stereocenters. The molecule has 0 spiro atoms. The second kappa shape index (κ2) is 5.85. The number of carboxylic acids is 1. The van der Waals surface area contributed by atoms with Gasteiger partial charge >= 0.3 is 5.97 Å². The molecule has 2 N–H and O–H groups in total. The second-order valence-electron chi connectivity index (χ2n) is 5.18. The van der Waals surface area contributed by atoms with Gasteiger partial charge in [0.05, 0.1) is 17.4 Å². The number of nitrogens with one attached hydrogen (secondary N) is 1. The molecule has 0 aliphatic heterocycles. The van der Waals surface area contributed by atoms with Gasteiger partial charge in [-0.2, -0.15) is 0 Å². The second-order valence-corrected chi connectivity index (χ2v) is 5.18. The number of hydrogen-bond acceptors (Lipinski definition) is 3. The fourth-order valence-electron chi connectivity index (χ4n) is 2.55. The van der Waals surface area contributed by atoms with Crippen LogP contribution in [0.2, 0.25) is 0 Å². The molecule has 2 rings (SSSR count). The molecule has 2 atom stereocenters. The van der Waals surface area contributed by atoms with Gasteiger partial charge in [0, 0.05) is 12.2 Å². The zero-order chi connectivity index (χ0) is 13.0. The van der Waals surface area contributed by atoms with Gasteiger partial charge in [0.25, 0.3) is 0 Å². The van der Waals surface area contributed by atoms with Gasteiger partial charge in [0.2, 0.25) is 0 Å². The lowest BCUT2D eigenvalue weighted by Crippen LogP contribution is -2.20. The molecule has 18 heavy (non-hydrogen) atoms. The van der Waals surface area contributed by atoms with Crippen LogP contribution in [-0.2, 0) is 0 Å². The zero-order valence-corrected chi connectivity index (χ0v) is 10.7. The van der Waals surface area contributed by atoms with Crippen LogP contribution in [-0.4, -0.2) is 22.1 Å². The van der Waals surface area contributed by atoms with Gasteiger partial charge in [-0.3, -0.25) is 4.98 Å². The Balaban J connectivity index is 2.06. The van der Waals surface area contributed by atoms with E-state index in [9.17, 15) is 4.79 Å². The molecule has 1 saturated carbocycles. The number of nitrogens with zero attached hydrogens (tertiary/aromatic N) is 1. The summed E-state index contributed by atoms with van der Waals surface area (Å²) in [5.74, 6) is -0.119. The Morgan fingerprint density at radius 1 is 1.39 bits per heavy atom. The highest BCUT2D eigenvalue weighted by Gasteiger charge is 2.18. The summed E-state index contributed by atoms with van der Waals surface area (Å²) in [4.78, 5) is 15.1. The Bertz CT molecular complexity index is 420. The molecule has 1 aromatic heterocycles. The minimum atomic E-state index is -0.901.